The van der Waals surface area contributed by atoms with Gasteiger partial charge in [-0.05, 0) is 17.7 Å². The minimum absolute atomic E-state index is 0.149. The van der Waals surface area contributed by atoms with E-state index in [0.29, 0.717) is 18.9 Å². The maximum atomic E-state index is 10.7. The normalized spacial score (nSPS) is 11.3. The maximum Gasteiger partial charge on any atom is 0.224 e. The van der Waals surface area contributed by atoms with Gasteiger partial charge in [0.05, 0.1) is 6.26 Å². The summed E-state index contributed by atoms with van der Waals surface area (Å²) in [5.41, 5.74) is 0. The van der Waals surface area contributed by atoms with E-state index < -0.39 is 10.0 Å². The minimum atomic E-state index is -3.14. The van der Waals surface area contributed by atoms with Crippen LogP contribution in [0.2, 0.25) is 5.28 Å². The molecule has 0 aromatic carbocycles. The predicted molar refractivity (Wildman–Crippen MR) is 58.4 cm³/mol. The van der Waals surface area contributed by atoms with E-state index in [1.54, 1.807) is 6.07 Å². The van der Waals surface area contributed by atoms with E-state index in [0.717, 1.165) is 6.26 Å². The molecule has 0 fully saturated rings. The molecule has 6 nitrogen and oxygen atoms in total. The SMILES string of the molecule is CS(=O)(=O)NCCNc1ccnc(Cl)n1. The van der Waals surface area contributed by atoms with Crippen LogP contribution in [0.5, 0.6) is 0 Å². The highest BCUT2D eigenvalue weighted by Gasteiger charge is 1.99. The lowest BCUT2D eigenvalue weighted by Gasteiger charge is -2.05. The molecule has 0 spiro atoms. The number of nitrogens with zero attached hydrogens (tertiary/aromatic N) is 2. The van der Waals surface area contributed by atoms with E-state index in [-0.39, 0.29) is 5.28 Å². The average Bonchev–Trinajstić information content (AvgIpc) is 2.11. The second kappa shape index (κ2) is 5.24. The van der Waals surface area contributed by atoms with Gasteiger partial charge < -0.3 is 5.32 Å². The van der Waals surface area contributed by atoms with E-state index >= 15 is 0 Å². The molecule has 1 rings (SSSR count). The fourth-order valence-corrected chi connectivity index (χ4v) is 1.48. The van der Waals surface area contributed by atoms with Gasteiger partial charge in [-0.3, -0.25) is 0 Å². The van der Waals surface area contributed by atoms with E-state index in [9.17, 15) is 8.42 Å². The molecule has 1 heterocycles. The molecule has 0 radical (unpaired) electrons. The van der Waals surface area contributed by atoms with Crippen molar-refractivity contribution in [3.05, 3.63) is 17.5 Å². The largest absolute Gasteiger partial charge is 0.369 e. The van der Waals surface area contributed by atoms with Gasteiger partial charge in [0.25, 0.3) is 0 Å². The van der Waals surface area contributed by atoms with Gasteiger partial charge in [-0.25, -0.2) is 23.1 Å². The Hall–Kier alpha value is -0.920. The van der Waals surface area contributed by atoms with E-state index in [4.69, 9.17) is 11.6 Å². The lowest BCUT2D eigenvalue weighted by molar-refractivity contribution is 0.589. The van der Waals surface area contributed by atoms with Crippen LogP contribution in [0, 0.1) is 0 Å². The molecule has 0 unspecified atom stereocenters. The smallest absolute Gasteiger partial charge is 0.224 e. The molecule has 1 aromatic rings. The Morgan fingerprint density at radius 3 is 2.80 bits per heavy atom. The summed E-state index contributed by atoms with van der Waals surface area (Å²) in [6.45, 7) is 0.723. The maximum absolute atomic E-state index is 10.7. The van der Waals surface area contributed by atoms with Crippen LogP contribution < -0.4 is 10.0 Å². The van der Waals surface area contributed by atoms with Gasteiger partial charge in [0.2, 0.25) is 15.3 Å². The lowest BCUT2D eigenvalue weighted by Crippen LogP contribution is -2.27. The fraction of sp³-hybridized carbons (Fsp3) is 0.429. The van der Waals surface area contributed by atoms with Crippen LogP contribution in [-0.2, 0) is 10.0 Å². The average molecular weight is 251 g/mol. The number of aromatic nitrogens is 2. The van der Waals surface area contributed by atoms with Crippen LogP contribution in [0.3, 0.4) is 0 Å². The summed E-state index contributed by atoms with van der Waals surface area (Å²) in [5.74, 6) is 0.560. The van der Waals surface area contributed by atoms with Crippen LogP contribution in [0.4, 0.5) is 5.82 Å². The monoisotopic (exact) mass is 250 g/mol. The third-order valence-corrected chi connectivity index (χ3v) is 2.33. The predicted octanol–water partition coefficient (Wildman–Crippen LogP) is 0.0911. The zero-order valence-electron chi connectivity index (χ0n) is 8.07. The zero-order chi connectivity index (χ0) is 11.3. The fourth-order valence-electron chi connectivity index (χ4n) is 0.860. The Labute approximate surface area is 93.1 Å². The number of halogens is 1. The van der Waals surface area contributed by atoms with Crippen molar-refractivity contribution >= 4 is 27.4 Å². The second-order valence-corrected chi connectivity index (χ2v) is 4.98. The molecular weight excluding hydrogens is 240 g/mol. The molecule has 0 amide bonds. The summed E-state index contributed by atoms with van der Waals surface area (Å²) < 4.78 is 23.8. The quantitative estimate of drug-likeness (QED) is 0.572. The zero-order valence-corrected chi connectivity index (χ0v) is 9.64. The molecule has 0 saturated carbocycles. The molecule has 2 N–H and O–H groups in total. The molecular formula is C7H11ClN4O2S. The van der Waals surface area contributed by atoms with Crippen molar-refractivity contribution in [3.8, 4) is 0 Å². The first-order valence-electron chi connectivity index (χ1n) is 4.14. The van der Waals surface area contributed by atoms with Crippen LogP contribution in [-0.4, -0.2) is 37.7 Å². The van der Waals surface area contributed by atoms with Gasteiger partial charge in [-0.15, -0.1) is 0 Å². The first-order valence-corrected chi connectivity index (χ1v) is 6.41. The first-order chi connectivity index (χ1) is 6.97. The lowest BCUT2D eigenvalue weighted by atomic mass is 10.5. The van der Waals surface area contributed by atoms with Gasteiger partial charge in [0, 0.05) is 19.3 Å². The molecule has 0 bridgehead atoms. The van der Waals surface area contributed by atoms with Gasteiger partial charge >= 0.3 is 0 Å². The number of nitrogens with one attached hydrogen (secondary N) is 2. The van der Waals surface area contributed by atoms with Crippen LogP contribution >= 0.6 is 11.6 Å². The summed E-state index contributed by atoms with van der Waals surface area (Å²) in [6, 6.07) is 1.65. The molecule has 8 heteroatoms. The van der Waals surface area contributed by atoms with Crippen LogP contribution in [0.15, 0.2) is 12.3 Å². The Kier molecular flexibility index (Phi) is 4.25. The standard InChI is InChI=1S/C7H11ClN4O2S/c1-15(13,14)11-5-4-9-6-2-3-10-7(8)12-6/h2-3,11H,4-5H2,1H3,(H,9,10,12). The summed E-state index contributed by atoms with van der Waals surface area (Å²) in [6.07, 6.45) is 2.62. The Balaban J connectivity index is 2.32. The third-order valence-electron chi connectivity index (χ3n) is 1.42. The van der Waals surface area contributed by atoms with Crippen molar-refractivity contribution in [2.45, 2.75) is 0 Å². The van der Waals surface area contributed by atoms with Crippen molar-refractivity contribution in [1.29, 1.82) is 0 Å². The van der Waals surface area contributed by atoms with E-state index in [2.05, 4.69) is 20.0 Å². The second-order valence-electron chi connectivity index (χ2n) is 2.80. The van der Waals surface area contributed by atoms with Crippen molar-refractivity contribution in [2.24, 2.45) is 0 Å². The number of hydrogen-bond acceptors (Lipinski definition) is 5. The summed E-state index contributed by atoms with van der Waals surface area (Å²) in [4.78, 5) is 7.58. The molecule has 84 valence electrons. The Morgan fingerprint density at radius 1 is 1.47 bits per heavy atom. The molecule has 15 heavy (non-hydrogen) atoms. The number of anilines is 1. The van der Waals surface area contributed by atoms with Gasteiger partial charge in [-0.1, -0.05) is 0 Å². The molecule has 0 aliphatic carbocycles. The Bertz CT molecular complexity index is 423. The molecule has 0 atom stereocenters. The van der Waals surface area contributed by atoms with Crippen molar-refractivity contribution in [1.82, 2.24) is 14.7 Å². The van der Waals surface area contributed by atoms with Crippen LogP contribution in [0.1, 0.15) is 0 Å². The van der Waals surface area contributed by atoms with Crippen molar-refractivity contribution < 1.29 is 8.42 Å². The first kappa shape index (κ1) is 12.2. The summed E-state index contributed by atoms with van der Waals surface area (Å²) >= 11 is 5.56. The highest BCUT2D eigenvalue weighted by molar-refractivity contribution is 7.88. The highest BCUT2D eigenvalue weighted by Crippen LogP contribution is 2.04. The topological polar surface area (TPSA) is 84.0 Å². The van der Waals surface area contributed by atoms with E-state index in [1.807, 2.05) is 0 Å². The van der Waals surface area contributed by atoms with Crippen molar-refractivity contribution in [2.75, 3.05) is 24.7 Å². The third kappa shape index (κ3) is 5.50. The van der Waals surface area contributed by atoms with Crippen molar-refractivity contribution in [3.63, 3.8) is 0 Å². The molecule has 0 aliphatic heterocycles. The number of hydrogen-bond donors (Lipinski definition) is 2. The minimum Gasteiger partial charge on any atom is -0.369 e. The summed E-state index contributed by atoms with van der Waals surface area (Å²) in [7, 11) is -3.14. The van der Waals surface area contributed by atoms with Crippen LogP contribution in [0.25, 0.3) is 0 Å². The number of rotatable bonds is 5. The van der Waals surface area contributed by atoms with Gasteiger partial charge in [0.1, 0.15) is 5.82 Å². The Morgan fingerprint density at radius 2 is 2.20 bits per heavy atom. The van der Waals surface area contributed by atoms with Gasteiger partial charge in [0.15, 0.2) is 0 Å². The highest BCUT2D eigenvalue weighted by atomic mass is 35.5. The molecule has 0 saturated heterocycles. The molecule has 1 aromatic heterocycles. The number of sulfonamides is 1. The molecule has 0 aliphatic rings. The summed E-state index contributed by atoms with van der Waals surface area (Å²) in [5, 5.41) is 3.04. The van der Waals surface area contributed by atoms with E-state index in [1.165, 1.54) is 6.20 Å². The van der Waals surface area contributed by atoms with Gasteiger partial charge in [-0.2, -0.15) is 0 Å².